The molecule has 0 fully saturated rings. The third-order valence-corrected chi connectivity index (χ3v) is 3.15. The van der Waals surface area contributed by atoms with Crippen LogP contribution in [0.5, 0.6) is 5.75 Å². The van der Waals surface area contributed by atoms with Gasteiger partial charge in [0.1, 0.15) is 17.9 Å². The molecule has 2 heterocycles. The van der Waals surface area contributed by atoms with E-state index in [9.17, 15) is 0 Å². The molecule has 0 bridgehead atoms. The molecule has 0 N–H and O–H groups in total. The fourth-order valence-electron chi connectivity index (χ4n) is 2.00. The smallest absolute Gasteiger partial charge is 0.181 e. The van der Waals surface area contributed by atoms with Crippen molar-refractivity contribution in [3.8, 4) is 17.1 Å². The number of methoxy groups -OCH3 is 1. The van der Waals surface area contributed by atoms with Gasteiger partial charge in [0.05, 0.1) is 19.1 Å². The van der Waals surface area contributed by atoms with Gasteiger partial charge >= 0.3 is 0 Å². The minimum Gasteiger partial charge on any atom is -0.491 e. The number of hydrogen-bond acceptors (Lipinski definition) is 5. The fraction of sp³-hybridized carbons (Fsp3) is 0.267. The Morgan fingerprint density at radius 2 is 1.90 bits per heavy atom. The minimum absolute atomic E-state index is 0.534. The first-order valence-corrected chi connectivity index (χ1v) is 6.64. The Morgan fingerprint density at radius 3 is 2.67 bits per heavy atom. The van der Waals surface area contributed by atoms with Gasteiger partial charge in [0, 0.05) is 19.7 Å². The van der Waals surface area contributed by atoms with E-state index >= 15 is 0 Å². The fourth-order valence-corrected chi connectivity index (χ4v) is 2.00. The lowest BCUT2D eigenvalue weighted by Crippen LogP contribution is -2.04. The molecule has 2 aromatic heterocycles. The van der Waals surface area contributed by atoms with Gasteiger partial charge in [-0.15, -0.1) is 0 Å². The van der Waals surface area contributed by atoms with Gasteiger partial charge < -0.3 is 14.0 Å². The van der Waals surface area contributed by atoms with E-state index < -0.39 is 0 Å². The van der Waals surface area contributed by atoms with Crippen molar-refractivity contribution in [2.75, 3.05) is 20.3 Å². The quantitative estimate of drug-likeness (QED) is 0.671. The zero-order valence-electron chi connectivity index (χ0n) is 12.0. The first-order chi connectivity index (χ1) is 10.3. The standard InChI is InChI=1S/C15H16N4O2/c1-19-10-17-15-13(19)9-16-14(18-15)11-3-5-12(6-4-11)21-8-7-20-2/h3-6,9-10H,7-8H2,1-2H3. The minimum atomic E-state index is 0.534. The Morgan fingerprint density at radius 1 is 1.10 bits per heavy atom. The number of fused-ring (bicyclic) bond motifs is 1. The molecule has 0 atom stereocenters. The first-order valence-electron chi connectivity index (χ1n) is 6.64. The van der Waals surface area contributed by atoms with E-state index in [1.165, 1.54) is 0 Å². The van der Waals surface area contributed by atoms with Gasteiger partial charge in [-0.1, -0.05) is 0 Å². The summed E-state index contributed by atoms with van der Waals surface area (Å²) in [5.74, 6) is 1.46. The molecule has 0 radical (unpaired) electrons. The van der Waals surface area contributed by atoms with Gasteiger partial charge in [0.15, 0.2) is 11.5 Å². The second-order valence-corrected chi connectivity index (χ2v) is 4.62. The summed E-state index contributed by atoms with van der Waals surface area (Å²) in [6.45, 7) is 1.10. The highest BCUT2D eigenvalue weighted by atomic mass is 16.5. The second-order valence-electron chi connectivity index (χ2n) is 4.62. The van der Waals surface area contributed by atoms with Crippen molar-refractivity contribution in [1.29, 1.82) is 0 Å². The second kappa shape index (κ2) is 5.88. The molecule has 0 spiro atoms. The van der Waals surface area contributed by atoms with Crippen LogP contribution in [0.4, 0.5) is 0 Å². The number of hydrogen-bond donors (Lipinski definition) is 0. The third kappa shape index (κ3) is 2.85. The van der Waals surface area contributed by atoms with Crippen LogP contribution >= 0.6 is 0 Å². The summed E-state index contributed by atoms with van der Waals surface area (Å²) >= 11 is 0. The highest BCUT2D eigenvalue weighted by Gasteiger charge is 2.06. The van der Waals surface area contributed by atoms with Crippen molar-refractivity contribution in [1.82, 2.24) is 19.5 Å². The van der Waals surface area contributed by atoms with E-state index in [1.807, 2.05) is 35.9 Å². The average molecular weight is 284 g/mol. The third-order valence-electron chi connectivity index (χ3n) is 3.15. The predicted molar refractivity (Wildman–Crippen MR) is 79.1 cm³/mol. The summed E-state index contributed by atoms with van der Waals surface area (Å²) in [5.41, 5.74) is 2.54. The van der Waals surface area contributed by atoms with E-state index in [4.69, 9.17) is 9.47 Å². The van der Waals surface area contributed by atoms with Crippen LogP contribution in [0.3, 0.4) is 0 Å². The molecule has 0 amide bonds. The highest BCUT2D eigenvalue weighted by Crippen LogP contribution is 2.20. The maximum Gasteiger partial charge on any atom is 0.181 e. The van der Waals surface area contributed by atoms with Gasteiger partial charge in [-0.2, -0.15) is 0 Å². The summed E-state index contributed by atoms with van der Waals surface area (Å²) in [4.78, 5) is 13.1. The van der Waals surface area contributed by atoms with Gasteiger partial charge in [-0.3, -0.25) is 0 Å². The lowest BCUT2D eigenvalue weighted by atomic mass is 10.2. The highest BCUT2D eigenvalue weighted by molar-refractivity contribution is 5.72. The van der Waals surface area contributed by atoms with Crippen LogP contribution in [0.2, 0.25) is 0 Å². The lowest BCUT2D eigenvalue weighted by molar-refractivity contribution is 0.146. The summed E-state index contributed by atoms with van der Waals surface area (Å²) in [7, 11) is 3.57. The molecule has 0 aliphatic rings. The first kappa shape index (κ1) is 13.5. The molecule has 108 valence electrons. The number of benzene rings is 1. The van der Waals surface area contributed by atoms with Crippen LogP contribution in [0.1, 0.15) is 0 Å². The van der Waals surface area contributed by atoms with Crippen molar-refractivity contribution >= 4 is 11.2 Å². The topological polar surface area (TPSA) is 62.1 Å². The zero-order valence-corrected chi connectivity index (χ0v) is 12.0. The average Bonchev–Trinajstić information content (AvgIpc) is 2.89. The van der Waals surface area contributed by atoms with Gasteiger partial charge in [0.25, 0.3) is 0 Å². The van der Waals surface area contributed by atoms with Crippen LogP contribution in [-0.4, -0.2) is 39.8 Å². The van der Waals surface area contributed by atoms with Crippen LogP contribution < -0.4 is 4.74 Å². The number of nitrogens with zero attached hydrogens (tertiary/aromatic N) is 4. The molecule has 1 aromatic carbocycles. The molecular weight excluding hydrogens is 268 g/mol. The number of aryl methyl sites for hydroxylation is 1. The number of ether oxygens (including phenoxy) is 2. The summed E-state index contributed by atoms with van der Waals surface area (Å²) in [5, 5.41) is 0. The van der Waals surface area contributed by atoms with E-state index in [0.717, 1.165) is 16.8 Å². The van der Waals surface area contributed by atoms with E-state index in [0.29, 0.717) is 24.7 Å². The van der Waals surface area contributed by atoms with Crippen LogP contribution in [0.25, 0.3) is 22.6 Å². The molecule has 6 heteroatoms. The summed E-state index contributed by atoms with van der Waals surface area (Å²) < 4.78 is 12.4. The molecule has 6 nitrogen and oxygen atoms in total. The van der Waals surface area contributed by atoms with Crippen molar-refractivity contribution < 1.29 is 9.47 Å². The summed E-state index contributed by atoms with van der Waals surface area (Å²) in [6.07, 6.45) is 3.52. The van der Waals surface area contributed by atoms with Crippen LogP contribution in [-0.2, 0) is 11.8 Å². The van der Waals surface area contributed by atoms with Crippen molar-refractivity contribution in [3.63, 3.8) is 0 Å². The van der Waals surface area contributed by atoms with Gasteiger partial charge in [-0.25, -0.2) is 15.0 Å². The molecular formula is C15H16N4O2. The number of imidazole rings is 1. The number of rotatable bonds is 5. The molecule has 0 saturated heterocycles. The van der Waals surface area contributed by atoms with Crippen molar-refractivity contribution in [2.45, 2.75) is 0 Å². The van der Waals surface area contributed by atoms with Crippen LogP contribution in [0.15, 0.2) is 36.8 Å². The molecule has 0 aliphatic carbocycles. The van der Waals surface area contributed by atoms with Gasteiger partial charge in [-0.05, 0) is 24.3 Å². The molecule has 0 aliphatic heterocycles. The molecule has 21 heavy (non-hydrogen) atoms. The molecule has 3 rings (SSSR count). The predicted octanol–water partition coefficient (Wildman–Crippen LogP) is 2.06. The Balaban J connectivity index is 1.81. The van der Waals surface area contributed by atoms with E-state index in [2.05, 4.69) is 15.0 Å². The SMILES string of the molecule is COCCOc1ccc(-c2ncc3c(ncn3C)n2)cc1. The Bertz CT molecular complexity index is 737. The maximum absolute atomic E-state index is 5.53. The summed E-state index contributed by atoms with van der Waals surface area (Å²) in [6, 6.07) is 7.67. The monoisotopic (exact) mass is 284 g/mol. The van der Waals surface area contributed by atoms with E-state index in [-0.39, 0.29) is 0 Å². The zero-order chi connectivity index (χ0) is 14.7. The normalized spacial score (nSPS) is 11.0. The Kier molecular flexibility index (Phi) is 3.79. The van der Waals surface area contributed by atoms with Crippen molar-refractivity contribution in [3.05, 3.63) is 36.8 Å². The van der Waals surface area contributed by atoms with Crippen molar-refractivity contribution in [2.24, 2.45) is 7.05 Å². The number of aromatic nitrogens is 4. The Hall–Kier alpha value is -2.47. The molecule has 3 aromatic rings. The molecule has 0 saturated carbocycles. The molecule has 0 unspecified atom stereocenters. The van der Waals surface area contributed by atoms with Crippen LogP contribution in [0, 0.1) is 0 Å². The lowest BCUT2D eigenvalue weighted by Gasteiger charge is -2.06. The Labute approximate surface area is 122 Å². The van der Waals surface area contributed by atoms with E-state index in [1.54, 1.807) is 19.6 Å². The maximum atomic E-state index is 5.53. The largest absolute Gasteiger partial charge is 0.491 e. The van der Waals surface area contributed by atoms with Gasteiger partial charge in [0.2, 0.25) is 0 Å².